The number of carbonyl (C=O) groups excluding carboxylic acids is 1. The van der Waals surface area contributed by atoms with Crippen LogP contribution >= 0.6 is 0 Å². The number of Topliss-reactive ketones (excluding diaryl/α,β-unsaturated/α-hetero) is 1. The van der Waals surface area contributed by atoms with Gasteiger partial charge in [-0.1, -0.05) is 26.0 Å². The lowest BCUT2D eigenvalue weighted by atomic mass is 9.75. The van der Waals surface area contributed by atoms with Crippen LogP contribution in [0.1, 0.15) is 47.4 Å². The molecule has 1 aliphatic rings. The van der Waals surface area contributed by atoms with E-state index in [0.717, 1.165) is 45.8 Å². The molecule has 1 N–H and O–H groups in total. The lowest BCUT2D eigenvalue weighted by molar-refractivity contribution is 0.0911. The molecule has 0 bridgehead atoms. The molecule has 2 aromatic heterocycles. The number of fused-ring (bicyclic) bond motifs is 1. The number of rotatable bonds is 4. The second-order valence-corrected chi connectivity index (χ2v) is 8.04. The summed E-state index contributed by atoms with van der Waals surface area (Å²) in [5.74, 6) is 1.06. The number of methoxy groups -OCH3 is 1. The van der Waals surface area contributed by atoms with Crippen LogP contribution in [0.25, 0.3) is 11.3 Å². The van der Waals surface area contributed by atoms with E-state index >= 15 is 0 Å². The van der Waals surface area contributed by atoms with E-state index in [9.17, 15) is 4.79 Å². The molecular weight excluding hydrogens is 336 g/mol. The smallest absolute Gasteiger partial charge is 0.165 e. The first-order valence-electron chi connectivity index (χ1n) is 9.27. The van der Waals surface area contributed by atoms with Gasteiger partial charge in [-0.25, -0.2) is 0 Å². The van der Waals surface area contributed by atoms with Crippen LogP contribution in [0.15, 0.2) is 48.8 Å². The van der Waals surface area contributed by atoms with Crippen LogP contribution in [0, 0.1) is 5.41 Å². The highest BCUT2D eigenvalue weighted by molar-refractivity contribution is 6.02. The van der Waals surface area contributed by atoms with Crippen LogP contribution in [-0.2, 0) is 12.8 Å². The first-order chi connectivity index (χ1) is 13.0. The summed E-state index contributed by atoms with van der Waals surface area (Å²) >= 11 is 0. The summed E-state index contributed by atoms with van der Waals surface area (Å²) < 4.78 is 5.37. The molecule has 3 aromatic rings. The minimum atomic E-state index is -0.0162. The van der Waals surface area contributed by atoms with Crippen molar-refractivity contribution in [3.8, 4) is 17.0 Å². The van der Waals surface area contributed by atoms with E-state index in [4.69, 9.17) is 4.74 Å². The van der Waals surface area contributed by atoms with E-state index in [-0.39, 0.29) is 11.2 Å². The van der Waals surface area contributed by atoms with Crippen molar-refractivity contribution >= 4 is 5.78 Å². The van der Waals surface area contributed by atoms with Gasteiger partial charge in [-0.2, -0.15) is 0 Å². The quantitative estimate of drug-likeness (QED) is 0.725. The van der Waals surface area contributed by atoms with E-state index in [2.05, 4.69) is 29.9 Å². The number of pyridine rings is 1. The van der Waals surface area contributed by atoms with Gasteiger partial charge in [0.2, 0.25) is 0 Å². The third-order valence-electron chi connectivity index (χ3n) is 5.24. The van der Waals surface area contributed by atoms with E-state index in [1.165, 1.54) is 0 Å². The molecular formula is C23H24N2O2. The summed E-state index contributed by atoms with van der Waals surface area (Å²) in [5.41, 5.74) is 6.20. The summed E-state index contributed by atoms with van der Waals surface area (Å²) in [7, 11) is 1.67. The highest BCUT2D eigenvalue weighted by atomic mass is 16.5. The summed E-state index contributed by atoms with van der Waals surface area (Å²) in [6, 6.07) is 12.0. The highest BCUT2D eigenvalue weighted by Crippen LogP contribution is 2.40. The van der Waals surface area contributed by atoms with Gasteiger partial charge in [0, 0.05) is 42.1 Å². The fraction of sp³-hybridized carbons (Fsp3) is 0.304. The van der Waals surface area contributed by atoms with Crippen molar-refractivity contribution in [2.24, 2.45) is 5.41 Å². The summed E-state index contributed by atoms with van der Waals surface area (Å²) in [4.78, 5) is 20.7. The van der Waals surface area contributed by atoms with Crippen LogP contribution in [0.5, 0.6) is 5.75 Å². The molecule has 27 heavy (non-hydrogen) atoms. The van der Waals surface area contributed by atoms with Crippen molar-refractivity contribution in [3.05, 3.63) is 71.2 Å². The van der Waals surface area contributed by atoms with Gasteiger partial charge < -0.3 is 9.72 Å². The first kappa shape index (κ1) is 17.5. The number of ether oxygens (including phenoxy) is 1. The number of aromatic nitrogens is 2. The van der Waals surface area contributed by atoms with Crippen LogP contribution < -0.4 is 4.74 Å². The second kappa shape index (κ2) is 6.69. The molecule has 0 saturated heterocycles. The number of ketones is 1. The molecule has 1 aromatic carbocycles. The topological polar surface area (TPSA) is 55.0 Å². The normalized spacial score (nSPS) is 15.4. The number of hydrogen-bond donors (Lipinski definition) is 1. The molecule has 0 aliphatic heterocycles. The third-order valence-corrected chi connectivity index (χ3v) is 5.24. The number of H-pyrrole nitrogens is 1. The molecule has 1 aliphatic carbocycles. The van der Waals surface area contributed by atoms with Gasteiger partial charge in [-0.3, -0.25) is 9.78 Å². The Bertz CT molecular complexity index is 987. The number of carbonyl (C=O) groups is 1. The molecule has 0 atom stereocenters. The predicted octanol–water partition coefficient (Wildman–Crippen LogP) is 4.83. The molecule has 0 unspecified atom stereocenters. The van der Waals surface area contributed by atoms with Crippen molar-refractivity contribution in [2.75, 3.05) is 7.11 Å². The Balaban J connectivity index is 1.85. The zero-order valence-corrected chi connectivity index (χ0v) is 16.0. The van der Waals surface area contributed by atoms with Crippen molar-refractivity contribution in [1.82, 2.24) is 9.97 Å². The van der Waals surface area contributed by atoms with Gasteiger partial charge in [0.1, 0.15) is 5.75 Å². The number of hydrogen-bond acceptors (Lipinski definition) is 3. The van der Waals surface area contributed by atoms with Crippen molar-refractivity contribution in [2.45, 2.75) is 33.1 Å². The molecule has 0 fully saturated rings. The number of nitrogens with one attached hydrogen (secondary N) is 1. The number of nitrogens with zero attached hydrogens (tertiary/aromatic N) is 1. The van der Waals surface area contributed by atoms with Gasteiger partial charge in [-0.15, -0.1) is 0 Å². The molecule has 0 radical (unpaired) electrons. The zero-order valence-electron chi connectivity index (χ0n) is 16.0. The van der Waals surface area contributed by atoms with Crippen molar-refractivity contribution in [3.63, 3.8) is 0 Å². The largest absolute Gasteiger partial charge is 0.497 e. The lowest BCUT2D eigenvalue weighted by Gasteiger charge is -2.28. The Labute approximate surface area is 159 Å². The van der Waals surface area contributed by atoms with Crippen molar-refractivity contribution in [1.29, 1.82) is 0 Å². The standard InChI is InChI=1S/C23H24N2O2/c1-23(2)13-19-21(20(26)14-23)18(12-15-5-4-6-17(11-15)27-3)22(25-19)16-7-9-24-10-8-16/h4-11,25H,12-14H2,1-3H3. The third kappa shape index (κ3) is 3.39. The molecule has 138 valence electrons. The van der Waals surface area contributed by atoms with Gasteiger partial charge in [0.15, 0.2) is 5.78 Å². The van der Waals surface area contributed by atoms with Gasteiger partial charge in [0.05, 0.1) is 12.8 Å². The van der Waals surface area contributed by atoms with Crippen molar-refractivity contribution < 1.29 is 9.53 Å². The van der Waals surface area contributed by atoms with Crippen LogP contribution in [0.2, 0.25) is 0 Å². The Morgan fingerprint density at radius 2 is 1.93 bits per heavy atom. The van der Waals surface area contributed by atoms with Gasteiger partial charge in [-0.05, 0) is 47.2 Å². The lowest BCUT2D eigenvalue weighted by Crippen LogP contribution is -2.27. The minimum Gasteiger partial charge on any atom is -0.497 e. The Kier molecular flexibility index (Phi) is 4.34. The zero-order chi connectivity index (χ0) is 19.0. The monoisotopic (exact) mass is 360 g/mol. The van der Waals surface area contributed by atoms with Crippen LogP contribution in [0.3, 0.4) is 0 Å². The predicted molar refractivity (Wildman–Crippen MR) is 106 cm³/mol. The van der Waals surface area contributed by atoms with E-state index in [1.807, 2.05) is 30.3 Å². The first-order valence-corrected chi connectivity index (χ1v) is 9.27. The Morgan fingerprint density at radius 1 is 1.15 bits per heavy atom. The average molecular weight is 360 g/mol. The number of aromatic amines is 1. The maximum absolute atomic E-state index is 13.0. The summed E-state index contributed by atoms with van der Waals surface area (Å²) in [6.45, 7) is 4.31. The molecule has 0 amide bonds. The molecule has 4 heteroatoms. The SMILES string of the molecule is COc1cccc(Cc2c(-c3ccncc3)[nH]c3c2C(=O)CC(C)(C)C3)c1. The van der Waals surface area contributed by atoms with Gasteiger partial charge in [0.25, 0.3) is 0 Å². The number of benzene rings is 1. The summed E-state index contributed by atoms with van der Waals surface area (Å²) in [5, 5.41) is 0. The second-order valence-electron chi connectivity index (χ2n) is 8.04. The fourth-order valence-corrected chi connectivity index (χ4v) is 4.06. The molecule has 0 saturated carbocycles. The molecule has 4 nitrogen and oxygen atoms in total. The minimum absolute atomic E-state index is 0.0162. The fourth-order valence-electron chi connectivity index (χ4n) is 4.06. The maximum Gasteiger partial charge on any atom is 0.165 e. The van der Waals surface area contributed by atoms with Crippen LogP contribution in [-0.4, -0.2) is 22.9 Å². The van der Waals surface area contributed by atoms with E-state index < -0.39 is 0 Å². The van der Waals surface area contributed by atoms with E-state index in [0.29, 0.717) is 12.8 Å². The van der Waals surface area contributed by atoms with Crippen LogP contribution in [0.4, 0.5) is 0 Å². The Hall–Kier alpha value is -2.88. The average Bonchev–Trinajstić information content (AvgIpc) is 2.99. The summed E-state index contributed by atoms with van der Waals surface area (Å²) in [6.07, 6.45) is 5.72. The molecule has 0 spiro atoms. The molecule has 2 heterocycles. The van der Waals surface area contributed by atoms with E-state index in [1.54, 1.807) is 19.5 Å². The maximum atomic E-state index is 13.0. The Morgan fingerprint density at radius 3 is 2.67 bits per heavy atom. The highest BCUT2D eigenvalue weighted by Gasteiger charge is 2.35. The molecule has 4 rings (SSSR count). The van der Waals surface area contributed by atoms with Gasteiger partial charge >= 0.3 is 0 Å².